The van der Waals surface area contributed by atoms with E-state index in [4.69, 9.17) is 11.6 Å². The molecule has 0 bridgehead atoms. The number of fused-ring (bicyclic) bond motifs is 1. The monoisotopic (exact) mass is 402 g/mol. The Hall–Kier alpha value is -1.15. The van der Waals surface area contributed by atoms with Crippen molar-refractivity contribution >= 4 is 64.2 Å². The highest BCUT2D eigenvalue weighted by Crippen LogP contribution is 2.30. The van der Waals surface area contributed by atoms with Gasteiger partial charge in [-0.2, -0.15) is 0 Å². The topological polar surface area (TPSA) is 59.1 Å². The average molecular weight is 404 g/mol. The van der Waals surface area contributed by atoms with Gasteiger partial charge >= 0.3 is 0 Å². The molecular formula is C13H8BrClN2O2S2. The number of nitrogens with zero attached hydrogens (tertiary/aromatic N) is 1. The van der Waals surface area contributed by atoms with E-state index in [2.05, 4.69) is 25.6 Å². The van der Waals surface area contributed by atoms with Crippen LogP contribution in [0.3, 0.4) is 0 Å². The Bertz CT molecular complexity index is 925. The van der Waals surface area contributed by atoms with Crippen LogP contribution >= 0.6 is 38.9 Å². The molecule has 4 nitrogen and oxygen atoms in total. The predicted molar refractivity (Wildman–Crippen MR) is 89.6 cm³/mol. The number of halogens is 2. The van der Waals surface area contributed by atoms with Crippen molar-refractivity contribution in [3.05, 3.63) is 52.0 Å². The maximum atomic E-state index is 12.3. The Labute approximate surface area is 139 Å². The first-order valence-electron chi connectivity index (χ1n) is 5.78. The van der Waals surface area contributed by atoms with E-state index in [1.54, 1.807) is 30.3 Å². The molecule has 0 aliphatic heterocycles. The molecule has 0 radical (unpaired) electrons. The van der Waals surface area contributed by atoms with Crippen LogP contribution in [0, 0.1) is 0 Å². The van der Waals surface area contributed by atoms with E-state index in [0.29, 0.717) is 20.1 Å². The van der Waals surface area contributed by atoms with Gasteiger partial charge in [0.25, 0.3) is 10.0 Å². The summed E-state index contributed by atoms with van der Waals surface area (Å²) in [6.45, 7) is 0. The van der Waals surface area contributed by atoms with Gasteiger partial charge in [0.1, 0.15) is 0 Å². The van der Waals surface area contributed by atoms with Gasteiger partial charge in [0.05, 0.1) is 15.1 Å². The van der Waals surface area contributed by atoms with Crippen LogP contribution in [-0.4, -0.2) is 13.4 Å². The zero-order valence-corrected chi connectivity index (χ0v) is 14.4. The van der Waals surface area contributed by atoms with Gasteiger partial charge in [-0.3, -0.25) is 4.72 Å². The van der Waals surface area contributed by atoms with Crippen molar-refractivity contribution in [2.75, 3.05) is 4.72 Å². The third kappa shape index (κ3) is 3.21. The van der Waals surface area contributed by atoms with Crippen LogP contribution in [-0.2, 0) is 10.0 Å². The lowest BCUT2D eigenvalue weighted by molar-refractivity contribution is 0.601. The molecule has 1 aromatic heterocycles. The quantitative estimate of drug-likeness (QED) is 0.700. The first-order chi connectivity index (χ1) is 9.94. The van der Waals surface area contributed by atoms with E-state index in [1.165, 1.54) is 23.5 Å². The second kappa shape index (κ2) is 5.57. The van der Waals surface area contributed by atoms with Crippen LogP contribution in [0.1, 0.15) is 0 Å². The van der Waals surface area contributed by atoms with Crippen molar-refractivity contribution in [2.45, 2.75) is 4.90 Å². The highest BCUT2D eigenvalue weighted by Gasteiger charge is 2.16. The largest absolute Gasteiger partial charge is 0.263 e. The number of hydrogen-bond donors (Lipinski definition) is 1. The summed E-state index contributed by atoms with van der Waals surface area (Å²) < 4.78 is 28.6. The lowest BCUT2D eigenvalue weighted by atomic mass is 10.3. The Morgan fingerprint density at radius 2 is 2.00 bits per heavy atom. The maximum Gasteiger partial charge on any atom is 0.263 e. The molecule has 0 aliphatic rings. The summed E-state index contributed by atoms with van der Waals surface area (Å²) in [5.41, 5.74) is 0.705. The summed E-state index contributed by atoms with van der Waals surface area (Å²) in [5, 5.41) is 0.903. The highest BCUT2D eigenvalue weighted by atomic mass is 79.9. The zero-order valence-electron chi connectivity index (χ0n) is 10.4. The van der Waals surface area contributed by atoms with Crippen molar-refractivity contribution in [3.63, 3.8) is 0 Å². The SMILES string of the molecule is O=S(=O)(Nc1nc2ccc(Cl)cc2s1)c1cccc(Br)c1. The molecule has 2 aromatic carbocycles. The lowest BCUT2D eigenvalue weighted by Gasteiger charge is -2.04. The molecule has 0 atom stereocenters. The van der Waals surface area contributed by atoms with Crippen molar-refractivity contribution in [3.8, 4) is 0 Å². The molecule has 1 N–H and O–H groups in total. The molecule has 21 heavy (non-hydrogen) atoms. The summed E-state index contributed by atoms with van der Waals surface area (Å²) in [7, 11) is -3.66. The standard InChI is InChI=1S/C13H8BrClN2O2S2/c14-8-2-1-3-10(6-8)21(18,19)17-13-16-11-5-4-9(15)7-12(11)20-13/h1-7H,(H,16,17). The third-order valence-corrected chi connectivity index (χ3v) is 5.81. The van der Waals surface area contributed by atoms with Crippen molar-refractivity contribution in [2.24, 2.45) is 0 Å². The number of rotatable bonds is 3. The van der Waals surface area contributed by atoms with Crippen LogP contribution in [0.4, 0.5) is 5.13 Å². The fraction of sp³-hybridized carbons (Fsp3) is 0. The van der Waals surface area contributed by atoms with E-state index >= 15 is 0 Å². The molecule has 0 saturated carbocycles. The van der Waals surface area contributed by atoms with Crippen molar-refractivity contribution in [1.82, 2.24) is 4.98 Å². The smallest absolute Gasteiger partial charge is 0.255 e. The normalized spacial score (nSPS) is 11.7. The summed E-state index contributed by atoms with van der Waals surface area (Å²) in [6, 6.07) is 11.7. The van der Waals surface area contributed by atoms with E-state index in [0.717, 1.165) is 4.70 Å². The van der Waals surface area contributed by atoms with Crippen molar-refractivity contribution < 1.29 is 8.42 Å². The van der Waals surface area contributed by atoms with E-state index < -0.39 is 10.0 Å². The minimum atomic E-state index is -3.66. The zero-order chi connectivity index (χ0) is 15.0. The summed E-state index contributed by atoms with van der Waals surface area (Å²) in [6.07, 6.45) is 0. The van der Waals surface area contributed by atoms with Gasteiger partial charge in [-0.25, -0.2) is 13.4 Å². The van der Waals surface area contributed by atoms with Crippen LogP contribution in [0.25, 0.3) is 10.2 Å². The van der Waals surface area contributed by atoms with Crippen LogP contribution in [0.5, 0.6) is 0 Å². The van der Waals surface area contributed by atoms with Gasteiger partial charge in [0.15, 0.2) is 5.13 Å². The molecule has 1 heterocycles. The molecular weight excluding hydrogens is 396 g/mol. The van der Waals surface area contributed by atoms with Gasteiger partial charge in [-0.15, -0.1) is 0 Å². The molecule has 3 aromatic rings. The number of aromatic nitrogens is 1. The molecule has 0 saturated heterocycles. The summed E-state index contributed by atoms with van der Waals surface area (Å²) in [5.74, 6) is 0. The fourth-order valence-corrected chi connectivity index (χ4v) is 4.72. The molecule has 0 fully saturated rings. The number of benzene rings is 2. The number of anilines is 1. The summed E-state index contributed by atoms with van der Waals surface area (Å²) >= 11 is 10.4. The molecule has 0 amide bonds. The van der Waals surface area contributed by atoms with Gasteiger partial charge in [0.2, 0.25) is 0 Å². The molecule has 3 rings (SSSR count). The fourth-order valence-electron chi connectivity index (χ4n) is 1.75. The van der Waals surface area contributed by atoms with E-state index in [-0.39, 0.29) is 4.90 Å². The minimum absolute atomic E-state index is 0.175. The van der Waals surface area contributed by atoms with Crippen LogP contribution < -0.4 is 4.72 Å². The Morgan fingerprint density at radius 1 is 1.19 bits per heavy atom. The molecule has 0 aliphatic carbocycles. The van der Waals surface area contributed by atoms with E-state index in [9.17, 15) is 8.42 Å². The number of sulfonamides is 1. The molecule has 0 unspecified atom stereocenters. The van der Waals surface area contributed by atoms with Gasteiger partial charge in [0, 0.05) is 9.50 Å². The molecule has 108 valence electrons. The first-order valence-corrected chi connectivity index (χ1v) is 9.26. The highest BCUT2D eigenvalue weighted by molar-refractivity contribution is 9.10. The lowest BCUT2D eigenvalue weighted by Crippen LogP contribution is -2.12. The summed E-state index contributed by atoms with van der Waals surface area (Å²) in [4.78, 5) is 4.42. The molecule has 8 heteroatoms. The van der Waals surface area contributed by atoms with Gasteiger partial charge in [-0.1, -0.05) is 44.9 Å². The number of hydrogen-bond acceptors (Lipinski definition) is 4. The average Bonchev–Trinajstić information content (AvgIpc) is 2.79. The second-order valence-electron chi connectivity index (χ2n) is 4.19. The first kappa shape index (κ1) is 14.8. The predicted octanol–water partition coefficient (Wildman–Crippen LogP) is 4.51. The third-order valence-electron chi connectivity index (χ3n) is 2.68. The number of thiazole rings is 1. The van der Waals surface area contributed by atoms with E-state index in [1.807, 2.05) is 0 Å². The second-order valence-corrected chi connectivity index (χ2v) is 8.26. The van der Waals surface area contributed by atoms with Crippen LogP contribution in [0.2, 0.25) is 5.02 Å². The number of nitrogens with one attached hydrogen (secondary N) is 1. The van der Waals surface area contributed by atoms with Gasteiger partial charge in [-0.05, 0) is 36.4 Å². The minimum Gasteiger partial charge on any atom is -0.255 e. The van der Waals surface area contributed by atoms with Gasteiger partial charge < -0.3 is 0 Å². The Kier molecular flexibility index (Phi) is 3.92. The van der Waals surface area contributed by atoms with Crippen LogP contribution in [0.15, 0.2) is 51.8 Å². The maximum absolute atomic E-state index is 12.3. The molecule has 0 spiro atoms. The Morgan fingerprint density at radius 3 is 2.76 bits per heavy atom. The Balaban J connectivity index is 1.97. The van der Waals surface area contributed by atoms with Crippen molar-refractivity contribution in [1.29, 1.82) is 0 Å².